The lowest BCUT2D eigenvalue weighted by atomic mass is 10.3. The Balaban J connectivity index is 2.06. The zero-order valence-electron chi connectivity index (χ0n) is 11.6. The van der Waals surface area contributed by atoms with E-state index >= 15 is 0 Å². The number of rotatable bonds is 7. The van der Waals surface area contributed by atoms with Gasteiger partial charge in [-0.25, -0.2) is 0 Å². The van der Waals surface area contributed by atoms with Crippen LogP contribution in [0.25, 0.3) is 0 Å². The highest BCUT2D eigenvalue weighted by atomic mass is 35.5. The summed E-state index contributed by atoms with van der Waals surface area (Å²) in [7, 11) is 0. The summed E-state index contributed by atoms with van der Waals surface area (Å²) in [6.45, 7) is 3.48. The summed E-state index contributed by atoms with van der Waals surface area (Å²) >= 11 is 7.36. The van der Waals surface area contributed by atoms with Crippen LogP contribution in [0.15, 0.2) is 35.7 Å². The third kappa shape index (κ3) is 4.74. The van der Waals surface area contributed by atoms with E-state index in [9.17, 15) is 4.79 Å². The minimum absolute atomic E-state index is 0.179. The molecule has 0 saturated carbocycles. The number of nitrogens with one attached hydrogen (secondary N) is 1. The molecule has 0 radical (unpaired) electrons. The normalized spacial score (nSPS) is 10.4. The minimum Gasteiger partial charge on any atom is -0.489 e. The zero-order valence-corrected chi connectivity index (χ0v) is 13.2. The molecule has 112 valence electrons. The maximum absolute atomic E-state index is 12.1. The Morgan fingerprint density at radius 2 is 2.19 bits per heavy atom. The van der Waals surface area contributed by atoms with Crippen LogP contribution in [-0.4, -0.2) is 25.7 Å². The molecule has 6 heteroatoms. The van der Waals surface area contributed by atoms with Crippen molar-refractivity contribution in [2.24, 2.45) is 0 Å². The van der Waals surface area contributed by atoms with Crippen molar-refractivity contribution in [3.8, 4) is 5.75 Å². The molecule has 1 aromatic carbocycles. The van der Waals surface area contributed by atoms with Crippen LogP contribution in [0.5, 0.6) is 5.75 Å². The number of amides is 1. The highest BCUT2D eigenvalue weighted by Gasteiger charge is 2.11. The van der Waals surface area contributed by atoms with Crippen LogP contribution in [-0.2, 0) is 4.74 Å². The highest BCUT2D eigenvalue weighted by molar-refractivity contribution is 7.12. The smallest absolute Gasteiger partial charge is 0.265 e. The van der Waals surface area contributed by atoms with E-state index in [0.29, 0.717) is 41.2 Å². The van der Waals surface area contributed by atoms with Gasteiger partial charge in [-0.05, 0) is 36.6 Å². The molecule has 0 bridgehead atoms. The van der Waals surface area contributed by atoms with Crippen LogP contribution in [0.1, 0.15) is 16.6 Å². The number of benzene rings is 1. The molecule has 21 heavy (non-hydrogen) atoms. The van der Waals surface area contributed by atoms with Crippen molar-refractivity contribution in [1.29, 1.82) is 0 Å². The fraction of sp³-hybridized carbons (Fsp3) is 0.267. The molecule has 1 amide bonds. The second kappa shape index (κ2) is 8.02. The molecule has 1 aromatic heterocycles. The Morgan fingerprint density at radius 3 is 2.90 bits per heavy atom. The SMILES string of the molecule is CCOCCOc1ccc(Cl)cc1NC(=O)c1cccs1. The first-order valence-corrected chi connectivity index (χ1v) is 7.81. The molecule has 1 heterocycles. The summed E-state index contributed by atoms with van der Waals surface area (Å²) in [6, 6.07) is 8.72. The summed E-state index contributed by atoms with van der Waals surface area (Å²) in [6.07, 6.45) is 0. The fourth-order valence-electron chi connectivity index (χ4n) is 1.67. The van der Waals surface area contributed by atoms with Gasteiger partial charge in [0.15, 0.2) is 0 Å². The zero-order chi connectivity index (χ0) is 15.1. The monoisotopic (exact) mass is 325 g/mol. The molecule has 1 N–H and O–H groups in total. The van der Waals surface area contributed by atoms with E-state index < -0.39 is 0 Å². The van der Waals surface area contributed by atoms with Gasteiger partial charge in [-0.15, -0.1) is 11.3 Å². The van der Waals surface area contributed by atoms with E-state index in [-0.39, 0.29) is 5.91 Å². The molecule has 0 spiro atoms. The van der Waals surface area contributed by atoms with Crippen molar-refractivity contribution in [1.82, 2.24) is 0 Å². The minimum atomic E-state index is -0.179. The quantitative estimate of drug-likeness (QED) is 0.781. The summed E-state index contributed by atoms with van der Waals surface area (Å²) in [4.78, 5) is 12.7. The Labute approximate surface area is 132 Å². The number of carbonyl (C=O) groups is 1. The number of anilines is 1. The van der Waals surface area contributed by atoms with E-state index in [0.717, 1.165) is 0 Å². The third-order valence-corrected chi connectivity index (χ3v) is 3.73. The van der Waals surface area contributed by atoms with Crippen molar-refractivity contribution in [3.63, 3.8) is 0 Å². The van der Waals surface area contributed by atoms with Gasteiger partial charge >= 0.3 is 0 Å². The number of hydrogen-bond donors (Lipinski definition) is 1. The maximum atomic E-state index is 12.1. The van der Waals surface area contributed by atoms with Crippen molar-refractivity contribution in [2.45, 2.75) is 6.92 Å². The summed E-state index contributed by atoms with van der Waals surface area (Å²) < 4.78 is 10.8. The molecule has 0 fully saturated rings. The van der Waals surface area contributed by atoms with Crippen LogP contribution in [0.4, 0.5) is 5.69 Å². The Kier molecular flexibility index (Phi) is 6.04. The molecule has 0 aliphatic heterocycles. The molecule has 0 aliphatic carbocycles. The third-order valence-electron chi connectivity index (χ3n) is 2.62. The van der Waals surface area contributed by atoms with E-state index in [1.807, 2.05) is 18.4 Å². The summed E-state index contributed by atoms with van der Waals surface area (Å²) in [5, 5.41) is 5.21. The summed E-state index contributed by atoms with van der Waals surface area (Å²) in [5.41, 5.74) is 0.553. The molecule has 2 aromatic rings. The number of thiophene rings is 1. The number of carbonyl (C=O) groups excluding carboxylic acids is 1. The molecule has 0 atom stereocenters. The molecular weight excluding hydrogens is 310 g/mol. The second-order valence-electron chi connectivity index (χ2n) is 4.12. The fourth-order valence-corrected chi connectivity index (χ4v) is 2.46. The van der Waals surface area contributed by atoms with E-state index in [1.165, 1.54) is 11.3 Å². The summed E-state index contributed by atoms with van der Waals surface area (Å²) in [5.74, 6) is 0.394. The van der Waals surface area contributed by atoms with Crippen molar-refractivity contribution >= 4 is 34.5 Å². The lowest BCUT2D eigenvalue weighted by molar-refractivity contribution is 0.102. The average molecular weight is 326 g/mol. The van der Waals surface area contributed by atoms with Gasteiger partial charge in [0.1, 0.15) is 12.4 Å². The van der Waals surface area contributed by atoms with E-state index in [4.69, 9.17) is 21.1 Å². The van der Waals surface area contributed by atoms with Crippen LogP contribution >= 0.6 is 22.9 Å². The van der Waals surface area contributed by atoms with Crippen LogP contribution in [0.2, 0.25) is 5.02 Å². The lowest BCUT2D eigenvalue weighted by Gasteiger charge is -2.12. The standard InChI is InChI=1S/C15H16ClNO3S/c1-2-19-7-8-20-13-6-5-11(16)10-12(13)17-15(18)14-4-3-9-21-14/h3-6,9-10H,2,7-8H2,1H3,(H,17,18). The molecule has 0 aliphatic rings. The Bertz CT molecular complexity index is 587. The second-order valence-corrected chi connectivity index (χ2v) is 5.50. The number of halogens is 1. The van der Waals surface area contributed by atoms with E-state index in [2.05, 4.69) is 5.32 Å². The average Bonchev–Trinajstić information content (AvgIpc) is 3.00. The van der Waals surface area contributed by atoms with Crippen molar-refractivity contribution < 1.29 is 14.3 Å². The first-order chi connectivity index (χ1) is 10.2. The molecule has 0 saturated heterocycles. The first-order valence-electron chi connectivity index (χ1n) is 6.55. The number of ether oxygens (including phenoxy) is 2. The van der Waals surface area contributed by atoms with Crippen molar-refractivity contribution in [2.75, 3.05) is 25.1 Å². The molecule has 2 rings (SSSR count). The predicted molar refractivity (Wildman–Crippen MR) is 85.7 cm³/mol. The van der Waals surface area contributed by atoms with Gasteiger partial charge in [0.2, 0.25) is 0 Å². The van der Waals surface area contributed by atoms with Crippen LogP contribution in [0.3, 0.4) is 0 Å². The Morgan fingerprint density at radius 1 is 1.33 bits per heavy atom. The van der Waals surface area contributed by atoms with Gasteiger partial charge in [-0.1, -0.05) is 17.7 Å². The maximum Gasteiger partial charge on any atom is 0.265 e. The predicted octanol–water partition coefficient (Wildman–Crippen LogP) is 4.07. The molecule has 0 unspecified atom stereocenters. The largest absolute Gasteiger partial charge is 0.489 e. The van der Waals surface area contributed by atoms with E-state index in [1.54, 1.807) is 24.3 Å². The molecular formula is C15H16ClNO3S. The van der Waals surface area contributed by atoms with Gasteiger partial charge in [0.25, 0.3) is 5.91 Å². The van der Waals surface area contributed by atoms with Gasteiger partial charge in [-0.2, -0.15) is 0 Å². The highest BCUT2D eigenvalue weighted by Crippen LogP contribution is 2.28. The number of hydrogen-bond acceptors (Lipinski definition) is 4. The Hall–Kier alpha value is -1.56. The van der Waals surface area contributed by atoms with Crippen LogP contribution in [0, 0.1) is 0 Å². The van der Waals surface area contributed by atoms with Crippen molar-refractivity contribution in [3.05, 3.63) is 45.6 Å². The lowest BCUT2D eigenvalue weighted by Crippen LogP contribution is -2.13. The van der Waals surface area contributed by atoms with Gasteiger partial charge in [-0.3, -0.25) is 4.79 Å². The van der Waals surface area contributed by atoms with Gasteiger partial charge in [0, 0.05) is 11.6 Å². The first kappa shape index (κ1) is 15.8. The van der Waals surface area contributed by atoms with Gasteiger partial charge < -0.3 is 14.8 Å². The molecule has 4 nitrogen and oxygen atoms in total. The topological polar surface area (TPSA) is 47.6 Å². The van der Waals surface area contributed by atoms with Crippen LogP contribution < -0.4 is 10.1 Å². The van der Waals surface area contributed by atoms with Gasteiger partial charge in [0.05, 0.1) is 17.2 Å².